The summed E-state index contributed by atoms with van der Waals surface area (Å²) < 4.78 is 0. The average molecular weight is 1010 g/mol. The predicted octanol–water partition coefficient (Wildman–Crippen LogP) is 6.06. The minimum atomic E-state index is -0.841. The van der Waals surface area contributed by atoms with E-state index in [1.54, 1.807) is 23.5 Å². The molecule has 6 N–H and O–H groups in total. The highest BCUT2D eigenvalue weighted by molar-refractivity contribution is 7.13. The number of anilines is 3. The smallest absolute Gasteiger partial charge is 0.246 e. The number of hydrogen-bond donors (Lipinski definition) is 5. The number of amides is 3. The van der Waals surface area contributed by atoms with E-state index in [1.165, 1.54) is 10.5 Å². The SMILES string of the molecule is Cc1ncsc1-c1ccc(CNC(=O)[C@@H]2C[C@@H](O)CN2C(=O)[C@@H](NC(=O)[C@H]2CC3(C2)C[C@H](N2CCC(c4cnc(N5C6CCC5CN(c5cc(-c7ccccc7O)nnc5N)C6)nc4)CC2)C3)C(C)(C)C)cc1. The van der Waals surface area contributed by atoms with Crippen LogP contribution in [-0.2, 0) is 20.9 Å². The van der Waals surface area contributed by atoms with Gasteiger partial charge in [-0.3, -0.25) is 14.4 Å². The van der Waals surface area contributed by atoms with E-state index in [0.717, 1.165) is 111 Å². The number of nitrogens with two attached hydrogens (primary N) is 1. The molecule has 2 bridgehead atoms. The number of rotatable bonds is 12. The van der Waals surface area contributed by atoms with E-state index in [0.29, 0.717) is 35.6 Å². The fourth-order valence-electron chi connectivity index (χ4n) is 12.9. The van der Waals surface area contributed by atoms with Crippen LogP contribution >= 0.6 is 11.3 Å². The molecule has 2 aromatic carbocycles. The summed E-state index contributed by atoms with van der Waals surface area (Å²) >= 11 is 1.59. The Morgan fingerprint density at radius 2 is 1.58 bits per heavy atom. The molecule has 18 heteroatoms. The molecule has 1 spiro atoms. The second kappa shape index (κ2) is 19.6. The Morgan fingerprint density at radius 1 is 0.877 bits per heavy atom. The lowest BCUT2D eigenvalue weighted by atomic mass is 9.49. The van der Waals surface area contributed by atoms with Gasteiger partial charge in [-0.2, -0.15) is 0 Å². The fraction of sp³-hybridized carbons (Fsp3) is 0.527. The van der Waals surface area contributed by atoms with Crippen LogP contribution in [0.4, 0.5) is 17.5 Å². The van der Waals surface area contributed by atoms with E-state index >= 15 is 0 Å². The van der Waals surface area contributed by atoms with Crippen molar-refractivity contribution in [2.24, 2.45) is 16.7 Å². The summed E-state index contributed by atoms with van der Waals surface area (Å²) in [4.78, 5) is 66.0. The van der Waals surface area contributed by atoms with Crippen LogP contribution in [0, 0.1) is 23.7 Å². The number of aliphatic hydroxyl groups excluding tert-OH is 1. The van der Waals surface area contributed by atoms with Crippen molar-refractivity contribution in [3.63, 3.8) is 0 Å². The topological polar surface area (TPSA) is 219 Å². The summed E-state index contributed by atoms with van der Waals surface area (Å²) in [6.45, 7) is 11.7. The van der Waals surface area contributed by atoms with Gasteiger partial charge < -0.3 is 46.2 Å². The van der Waals surface area contributed by atoms with Gasteiger partial charge in [0.2, 0.25) is 23.7 Å². The lowest BCUT2D eigenvalue weighted by Crippen LogP contribution is -2.62. The highest BCUT2D eigenvalue weighted by Gasteiger charge is 2.57. The number of nitrogen functional groups attached to an aromatic ring is 1. The van der Waals surface area contributed by atoms with Crippen LogP contribution in [0.25, 0.3) is 21.7 Å². The Kier molecular flexibility index (Phi) is 13.1. The number of phenolic OH excluding ortho intramolecular Hbond substituents is 1. The third-order valence-corrected chi connectivity index (χ3v) is 17.9. The normalized spacial score (nSPS) is 26.6. The van der Waals surface area contributed by atoms with Gasteiger partial charge in [-0.05, 0) is 123 Å². The molecule has 2 unspecified atom stereocenters. The number of carbonyl (C=O) groups excluding carboxylic acids is 3. The molecule has 4 aliphatic heterocycles. The Labute approximate surface area is 431 Å². The molecular formula is C55H68N12O5S. The number of aromatic hydroxyl groups is 1. The third kappa shape index (κ3) is 9.73. The summed E-state index contributed by atoms with van der Waals surface area (Å²) in [6, 6.07) is 16.4. The van der Waals surface area contributed by atoms with Crippen molar-refractivity contribution in [1.29, 1.82) is 0 Å². The van der Waals surface area contributed by atoms with Gasteiger partial charge in [0.15, 0.2) is 5.82 Å². The maximum absolute atomic E-state index is 14.3. The van der Waals surface area contributed by atoms with E-state index < -0.39 is 23.6 Å². The van der Waals surface area contributed by atoms with Gasteiger partial charge in [-0.15, -0.1) is 21.5 Å². The number of β-amino-alcohol motifs (C(OH)–C–C–N with tert-alkyl or cyclic N) is 1. The lowest BCUT2D eigenvalue weighted by molar-refractivity contribution is -0.150. The molecule has 6 fully saturated rings. The number of benzene rings is 2. The van der Waals surface area contributed by atoms with E-state index in [4.69, 9.17) is 15.7 Å². The van der Waals surface area contributed by atoms with Crippen LogP contribution in [0.15, 0.2) is 72.5 Å². The van der Waals surface area contributed by atoms with Crippen LogP contribution in [0.2, 0.25) is 0 Å². The van der Waals surface area contributed by atoms with Crippen molar-refractivity contribution in [2.75, 3.05) is 48.3 Å². The fourth-order valence-corrected chi connectivity index (χ4v) is 13.7. The number of likely N-dealkylation sites (tertiary alicyclic amines) is 2. The summed E-state index contributed by atoms with van der Waals surface area (Å²) in [5, 5.41) is 35.8. The first kappa shape index (κ1) is 49.0. The van der Waals surface area contributed by atoms with Crippen LogP contribution in [-0.4, -0.2) is 132 Å². The molecule has 5 atom stereocenters. The molecule has 5 aromatic rings. The number of para-hydroxylation sites is 1. The number of aryl methyl sites for hydroxylation is 1. The number of hydrogen-bond acceptors (Lipinski definition) is 15. The van der Waals surface area contributed by atoms with Crippen LogP contribution in [0.3, 0.4) is 0 Å². The second-order valence-electron chi connectivity index (χ2n) is 22.9. The Morgan fingerprint density at radius 3 is 2.23 bits per heavy atom. The molecule has 17 nitrogen and oxygen atoms in total. The van der Waals surface area contributed by atoms with E-state index in [2.05, 4.69) is 40.5 Å². The highest BCUT2D eigenvalue weighted by atomic mass is 32.1. The van der Waals surface area contributed by atoms with Gasteiger partial charge in [0.05, 0.1) is 33.6 Å². The predicted molar refractivity (Wildman–Crippen MR) is 280 cm³/mol. The first-order valence-corrected chi connectivity index (χ1v) is 27.0. The molecular weight excluding hydrogens is 941 g/mol. The largest absolute Gasteiger partial charge is 0.507 e. The minimum Gasteiger partial charge on any atom is -0.507 e. The first-order chi connectivity index (χ1) is 35.1. The molecule has 3 amide bonds. The summed E-state index contributed by atoms with van der Waals surface area (Å²) in [5.74, 6) is 0.840. The number of piperidine rings is 1. The van der Waals surface area contributed by atoms with Crippen molar-refractivity contribution in [2.45, 2.75) is 134 Å². The Bertz CT molecular complexity index is 2820. The summed E-state index contributed by atoms with van der Waals surface area (Å²) in [6.07, 6.45) is 11.5. The van der Waals surface area contributed by atoms with Crippen molar-refractivity contribution in [3.05, 3.63) is 89.3 Å². The zero-order valence-corrected chi connectivity index (χ0v) is 43.1. The van der Waals surface area contributed by atoms with Gasteiger partial charge in [0.1, 0.15) is 17.8 Å². The molecule has 2 aliphatic carbocycles. The number of piperazine rings is 1. The maximum Gasteiger partial charge on any atom is 0.246 e. The molecule has 6 aliphatic rings. The minimum absolute atomic E-state index is 0.0438. The van der Waals surface area contributed by atoms with Crippen molar-refractivity contribution in [3.8, 4) is 27.4 Å². The molecule has 2 saturated carbocycles. The van der Waals surface area contributed by atoms with Gasteiger partial charge in [0.25, 0.3) is 0 Å². The van der Waals surface area contributed by atoms with E-state index in [9.17, 15) is 24.6 Å². The maximum atomic E-state index is 14.3. The van der Waals surface area contributed by atoms with Crippen molar-refractivity contribution in [1.82, 2.24) is 45.6 Å². The Hall–Kier alpha value is -6.24. The number of carbonyl (C=O) groups is 3. The molecule has 3 aromatic heterocycles. The molecule has 384 valence electrons. The first-order valence-electron chi connectivity index (χ1n) is 26.2. The van der Waals surface area contributed by atoms with Gasteiger partial charge in [0, 0.05) is 74.6 Å². The number of nitrogens with zero attached hydrogens (tertiary/aromatic N) is 9. The quantitative estimate of drug-likeness (QED) is 0.0961. The van der Waals surface area contributed by atoms with Gasteiger partial charge in [-0.1, -0.05) is 57.2 Å². The number of aliphatic hydroxyl groups is 1. The Balaban J connectivity index is 0.631. The number of aromatic nitrogens is 5. The lowest BCUT2D eigenvalue weighted by Gasteiger charge is -2.60. The van der Waals surface area contributed by atoms with E-state index in [-0.39, 0.29) is 59.9 Å². The zero-order valence-electron chi connectivity index (χ0n) is 42.3. The van der Waals surface area contributed by atoms with Gasteiger partial charge >= 0.3 is 0 Å². The summed E-state index contributed by atoms with van der Waals surface area (Å²) in [7, 11) is 0. The molecule has 73 heavy (non-hydrogen) atoms. The molecule has 11 rings (SSSR count). The average Bonchev–Trinajstić information content (AvgIpc) is 4.05. The number of fused-ring (bicyclic) bond motifs is 2. The number of nitrogens with one attached hydrogen (secondary N) is 2. The standard InChI is InChI=1S/C55H68N12O5S/c1-32-47(73-31-60-32)35-11-9-33(10-12-35)25-57-51(71)45-19-41(68)30-66(45)52(72)48(54(2,3)4)61-50(70)36-21-55(22-36)23-40(24-55)64-17-15-34(16-18-64)37-26-58-53(59-27-37)67-38-13-14-39(67)29-65(28-38)44-20-43(62-63-49(44)56)42-7-5-6-8-46(42)69/h5-12,20,26-27,31,34,36,38-41,45,48,68-69H,13-19,21-25,28-30H2,1-4H3,(H2,56,63)(H,57,71)(H,61,70)/t36-,38?,39?,40-,41-,45+,48-,55?/m1/s1. The van der Waals surface area contributed by atoms with Crippen molar-refractivity contribution < 1.29 is 24.6 Å². The zero-order chi connectivity index (χ0) is 50.8. The van der Waals surface area contributed by atoms with Crippen LogP contribution < -0.4 is 26.2 Å². The van der Waals surface area contributed by atoms with E-state index in [1.807, 2.05) is 88.1 Å². The second-order valence-corrected chi connectivity index (χ2v) is 23.7. The molecule has 7 heterocycles. The van der Waals surface area contributed by atoms with Crippen LogP contribution in [0.1, 0.15) is 101 Å². The summed E-state index contributed by atoms with van der Waals surface area (Å²) in [5.41, 5.74) is 14.0. The molecule has 0 radical (unpaired) electrons. The highest BCUT2D eigenvalue weighted by Crippen LogP contribution is 2.60. The number of phenols is 1. The monoisotopic (exact) mass is 1010 g/mol. The third-order valence-electron chi connectivity index (χ3n) is 17.0. The number of thiazole rings is 1. The van der Waals surface area contributed by atoms with Gasteiger partial charge in [-0.25, -0.2) is 15.0 Å². The van der Waals surface area contributed by atoms with Crippen LogP contribution in [0.5, 0.6) is 5.75 Å². The molecule has 4 saturated heterocycles. The van der Waals surface area contributed by atoms with Crippen molar-refractivity contribution >= 4 is 46.5 Å².